The van der Waals surface area contributed by atoms with Crippen molar-refractivity contribution in [3.63, 3.8) is 0 Å². The molecular formula is C20H20N6O3. The molecule has 0 spiro atoms. The summed E-state index contributed by atoms with van der Waals surface area (Å²) in [5, 5.41) is 0. The highest BCUT2D eigenvalue weighted by molar-refractivity contribution is 5.92. The van der Waals surface area contributed by atoms with Gasteiger partial charge in [-0.15, -0.1) is 0 Å². The molecule has 0 unspecified atom stereocenters. The maximum atomic E-state index is 12.5. The first kappa shape index (κ1) is 18.8. The maximum absolute atomic E-state index is 12.5. The zero-order chi connectivity index (χ0) is 20.4. The molecule has 0 bridgehead atoms. The summed E-state index contributed by atoms with van der Waals surface area (Å²) in [6.07, 6.45) is 2.82. The number of morpholine rings is 1. The van der Waals surface area contributed by atoms with Crippen molar-refractivity contribution in [2.24, 2.45) is 12.8 Å². The van der Waals surface area contributed by atoms with Gasteiger partial charge in [-0.2, -0.15) is 0 Å². The molecule has 1 aliphatic heterocycles. The molecule has 4 rings (SSSR count). The Balaban J connectivity index is 1.63. The predicted octanol–water partition coefficient (Wildman–Crippen LogP) is 0.914. The van der Waals surface area contributed by atoms with Crippen molar-refractivity contribution in [1.29, 1.82) is 0 Å². The standard InChI is InChI=1S/C20H20N6O3/c1-25-18(27)10-16(15-6-7-22-12-23-15)24-20(25)26-8-9-29-17(11-26)13-2-4-14(5-3-13)19(21)28/h2-7,10,12,17H,8-9,11H2,1H3,(H2,21,28)/t17-/m1/s1. The Morgan fingerprint density at radius 2 is 2.00 bits per heavy atom. The minimum absolute atomic E-state index is 0.169. The average molecular weight is 392 g/mol. The second-order valence-corrected chi connectivity index (χ2v) is 6.72. The maximum Gasteiger partial charge on any atom is 0.255 e. The van der Waals surface area contributed by atoms with Gasteiger partial charge in [0.25, 0.3) is 5.56 Å². The van der Waals surface area contributed by atoms with Crippen molar-refractivity contribution in [2.75, 3.05) is 24.6 Å². The van der Waals surface area contributed by atoms with Gasteiger partial charge in [0.15, 0.2) is 0 Å². The summed E-state index contributed by atoms with van der Waals surface area (Å²) in [5.74, 6) is 0.0802. The Labute approximate surface area is 166 Å². The number of carbonyl (C=O) groups excluding carboxylic acids is 1. The van der Waals surface area contributed by atoms with Gasteiger partial charge in [-0.05, 0) is 23.8 Å². The zero-order valence-corrected chi connectivity index (χ0v) is 15.9. The van der Waals surface area contributed by atoms with Gasteiger partial charge in [-0.25, -0.2) is 15.0 Å². The summed E-state index contributed by atoms with van der Waals surface area (Å²) in [5.41, 5.74) is 7.60. The van der Waals surface area contributed by atoms with Crippen LogP contribution in [0.15, 0.2) is 53.7 Å². The number of nitrogens with two attached hydrogens (primary N) is 1. The van der Waals surface area contributed by atoms with Gasteiger partial charge < -0.3 is 15.4 Å². The topological polar surface area (TPSA) is 116 Å². The fourth-order valence-electron chi connectivity index (χ4n) is 3.28. The Bertz CT molecular complexity index is 1080. The molecule has 3 heterocycles. The number of ether oxygens (including phenoxy) is 1. The van der Waals surface area contributed by atoms with Crippen LogP contribution in [0.5, 0.6) is 0 Å². The molecule has 1 fully saturated rings. The van der Waals surface area contributed by atoms with Gasteiger partial charge >= 0.3 is 0 Å². The van der Waals surface area contributed by atoms with Crippen LogP contribution in [0.25, 0.3) is 11.4 Å². The summed E-state index contributed by atoms with van der Waals surface area (Å²) in [6, 6.07) is 10.2. The number of carbonyl (C=O) groups is 1. The third-order valence-corrected chi connectivity index (χ3v) is 4.87. The van der Waals surface area contributed by atoms with E-state index in [4.69, 9.17) is 10.5 Å². The quantitative estimate of drug-likeness (QED) is 0.701. The number of nitrogens with zero attached hydrogens (tertiary/aromatic N) is 5. The number of anilines is 1. The highest BCUT2D eigenvalue weighted by Gasteiger charge is 2.25. The van der Waals surface area contributed by atoms with Crippen molar-refractivity contribution in [3.8, 4) is 11.4 Å². The smallest absolute Gasteiger partial charge is 0.255 e. The first-order chi connectivity index (χ1) is 14.0. The van der Waals surface area contributed by atoms with Gasteiger partial charge in [-0.1, -0.05) is 12.1 Å². The summed E-state index contributed by atoms with van der Waals surface area (Å²) in [7, 11) is 1.69. The lowest BCUT2D eigenvalue weighted by atomic mass is 10.1. The van der Waals surface area contributed by atoms with E-state index in [0.717, 1.165) is 5.56 Å². The second kappa shape index (κ2) is 7.80. The molecule has 0 saturated carbocycles. The third kappa shape index (κ3) is 3.85. The first-order valence-electron chi connectivity index (χ1n) is 9.13. The number of rotatable bonds is 4. The van der Waals surface area contributed by atoms with Crippen molar-refractivity contribution in [2.45, 2.75) is 6.10 Å². The van der Waals surface area contributed by atoms with Crippen LogP contribution in [0.1, 0.15) is 22.0 Å². The Hall–Kier alpha value is -3.59. The van der Waals surface area contributed by atoms with Crippen molar-refractivity contribution in [3.05, 3.63) is 70.4 Å². The molecule has 0 radical (unpaired) electrons. The van der Waals surface area contributed by atoms with E-state index in [1.807, 2.05) is 17.0 Å². The Morgan fingerprint density at radius 1 is 1.21 bits per heavy atom. The summed E-state index contributed by atoms with van der Waals surface area (Å²) >= 11 is 0. The van der Waals surface area contributed by atoms with Crippen molar-refractivity contribution >= 4 is 11.9 Å². The zero-order valence-electron chi connectivity index (χ0n) is 15.9. The molecule has 0 aliphatic carbocycles. The summed E-state index contributed by atoms with van der Waals surface area (Å²) in [4.78, 5) is 38.6. The van der Waals surface area contributed by atoms with E-state index in [1.165, 1.54) is 17.0 Å². The van der Waals surface area contributed by atoms with Crippen LogP contribution in [0.3, 0.4) is 0 Å². The Kier molecular flexibility index (Phi) is 5.05. The molecule has 29 heavy (non-hydrogen) atoms. The Morgan fingerprint density at radius 3 is 2.69 bits per heavy atom. The summed E-state index contributed by atoms with van der Waals surface area (Å²) in [6.45, 7) is 1.60. The SMILES string of the molecule is Cn1c(N2CCO[C@@H](c3ccc(C(N)=O)cc3)C2)nc(-c2ccncn2)cc1=O. The van der Waals surface area contributed by atoms with Crippen LogP contribution in [0, 0.1) is 0 Å². The van der Waals surface area contributed by atoms with Gasteiger partial charge in [0.05, 0.1) is 24.5 Å². The molecule has 3 aromatic rings. The molecule has 1 aromatic carbocycles. The number of aromatic nitrogens is 4. The second-order valence-electron chi connectivity index (χ2n) is 6.72. The molecular weight excluding hydrogens is 372 g/mol. The van der Waals surface area contributed by atoms with Crippen LogP contribution < -0.4 is 16.2 Å². The molecule has 9 heteroatoms. The minimum atomic E-state index is -0.469. The van der Waals surface area contributed by atoms with E-state index in [-0.39, 0.29) is 11.7 Å². The molecule has 1 aliphatic rings. The van der Waals surface area contributed by atoms with Crippen molar-refractivity contribution < 1.29 is 9.53 Å². The van der Waals surface area contributed by atoms with Gasteiger partial charge in [-0.3, -0.25) is 14.2 Å². The van der Waals surface area contributed by atoms with Crippen LogP contribution in [-0.2, 0) is 11.8 Å². The van der Waals surface area contributed by atoms with Crippen LogP contribution >= 0.6 is 0 Å². The van der Waals surface area contributed by atoms with E-state index in [1.54, 1.807) is 31.4 Å². The van der Waals surface area contributed by atoms with E-state index >= 15 is 0 Å². The normalized spacial score (nSPS) is 16.6. The molecule has 2 N–H and O–H groups in total. The fraction of sp³-hybridized carbons (Fsp3) is 0.250. The number of benzene rings is 1. The molecule has 2 aromatic heterocycles. The lowest BCUT2D eigenvalue weighted by molar-refractivity contribution is 0.0389. The molecule has 1 atom stereocenters. The molecule has 9 nitrogen and oxygen atoms in total. The summed E-state index contributed by atoms with van der Waals surface area (Å²) < 4.78 is 7.42. The first-order valence-corrected chi connectivity index (χ1v) is 9.13. The van der Waals surface area contributed by atoms with E-state index in [2.05, 4.69) is 15.0 Å². The molecule has 1 saturated heterocycles. The highest BCUT2D eigenvalue weighted by atomic mass is 16.5. The van der Waals surface area contributed by atoms with Gasteiger partial charge in [0.1, 0.15) is 12.4 Å². The minimum Gasteiger partial charge on any atom is -0.370 e. The third-order valence-electron chi connectivity index (χ3n) is 4.87. The van der Waals surface area contributed by atoms with Crippen LogP contribution in [0.4, 0.5) is 5.95 Å². The fourth-order valence-corrected chi connectivity index (χ4v) is 3.28. The largest absolute Gasteiger partial charge is 0.370 e. The van der Waals surface area contributed by atoms with Crippen LogP contribution in [-0.4, -0.2) is 45.1 Å². The van der Waals surface area contributed by atoms with Gasteiger partial charge in [0.2, 0.25) is 11.9 Å². The van der Waals surface area contributed by atoms with Gasteiger partial charge in [0, 0.05) is 31.4 Å². The van der Waals surface area contributed by atoms with Crippen molar-refractivity contribution in [1.82, 2.24) is 19.5 Å². The lowest BCUT2D eigenvalue weighted by Gasteiger charge is -2.34. The number of hydrogen-bond acceptors (Lipinski definition) is 7. The predicted molar refractivity (Wildman–Crippen MR) is 106 cm³/mol. The van der Waals surface area contributed by atoms with Crippen LogP contribution in [0.2, 0.25) is 0 Å². The van der Waals surface area contributed by atoms with E-state index in [9.17, 15) is 9.59 Å². The lowest BCUT2D eigenvalue weighted by Crippen LogP contribution is -2.41. The average Bonchev–Trinajstić information content (AvgIpc) is 2.76. The highest BCUT2D eigenvalue weighted by Crippen LogP contribution is 2.26. The number of primary amides is 1. The monoisotopic (exact) mass is 392 g/mol. The number of hydrogen-bond donors (Lipinski definition) is 1. The number of amides is 1. The molecule has 148 valence electrons. The van der Waals surface area contributed by atoms with E-state index in [0.29, 0.717) is 42.6 Å². The molecule has 1 amide bonds. The van der Waals surface area contributed by atoms with E-state index < -0.39 is 5.91 Å².